The van der Waals surface area contributed by atoms with Gasteiger partial charge in [-0.15, -0.1) is 24.0 Å². The van der Waals surface area contributed by atoms with Crippen LogP contribution in [0, 0.1) is 0 Å². The molecule has 33 heavy (non-hydrogen) atoms. The lowest BCUT2D eigenvalue weighted by Gasteiger charge is -2.38. The van der Waals surface area contributed by atoms with E-state index in [9.17, 15) is 4.79 Å². The molecule has 0 atom stereocenters. The number of amides is 1. The minimum Gasteiger partial charge on any atom is -0.454 e. The Labute approximate surface area is 212 Å². The Balaban J connectivity index is 0.00000306. The Morgan fingerprint density at radius 2 is 1.73 bits per heavy atom. The number of benzene rings is 1. The van der Waals surface area contributed by atoms with Crippen LogP contribution in [0.15, 0.2) is 23.2 Å². The van der Waals surface area contributed by atoms with E-state index in [1.807, 2.05) is 31.7 Å². The Hall–Kier alpha value is -1.95. The first-order valence-electron chi connectivity index (χ1n) is 11.3. The van der Waals surface area contributed by atoms with Crippen LogP contribution >= 0.6 is 24.0 Å². The van der Waals surface area contributed by atoms with Crippen LogP contribution in [0.1, 0.15) is 39.2 Å². The van der Waals surface area contributed by atoms with Gasteiger partial charge in [0, 0.05) is 44.8 Å². The largest absolute Gasteiger partial charge is 0.454 e. The van der Waals surface area contributed by atoms with Crippen molar-refractivity contribution in [2.75, 3.05) is 52.7 Å². The molecule has 2 fully saturated rings. The van der Waals surface area contributed by atoms with Crippen molar-refractivity contribution in [3.05, 3.63) is 23.8 Å². The zero-order valence-electron chi connectivity index (χ0n) is 19.7. The minimum atomic E-state index is -0.499. The molecule has 3 aliphatic rings. The Kier molecular flexibility index (Phi) is 8.20. The number of halogens is 1. The summed E-state index contributed by atoms with van der Waals surface area (Å²) in [6, 6.07) is 6.14. The summed E-state index contributed by atoms with van der Waals surface area (Å²) in [5, 5.41) is 0. The molecule has 0 aliphatic carbocycles. The smallest absolute Gasteiger partial charge is 0.410 e. The van der Waals surface area contributed by atoms with Crippen LogP contribution < -0.4 is 15.2 Å². The molecule has 0 aromatic heterocycles. The zero-order valence-corrected chi connectivity index (χ0v) is 22.0. The van der Waals surface area contributed by atoms with Crippen molar-refractivity contribution in [3.63, 3.8) is 0 Å². The van der Waals surface area contributed by atoms with Gasteiger partial charge in [0.1, 0.15) is 5.60 Å². The molecular weight excluding hydrogens is 539 g/mol. The van der Waals surface area contributed by atoms with Gasteiger partial charge in [-0.05, 0) is 51.3 Å². The van der Waals surface area contributed by atoms with Gasteiger partial charge in [0.25, 0.3) is 0 Å². The number of carbonyl (C=O) groups is 1. The number of hydrogen-bond donors (Lipinski definition) is 1. The number of hydrogen-bond acceptors (Lipinski definition) is 6. The summed E-state index contributed by atoms with van der Waals surface area (Å²) in [7, 11) is 0. The molecule has 3 aliphatic heterocycles. The van der Waals surface area contributed by atoms with E-state index in [1.54, 1.807) is 4.90 Å². The number of nitrogens with zero attached hydrogens (tertiary/aromatic N) is 3. The third-order valence-electron chi connectivity index (χ3n) is 6.23. The fourth-order valence-corrected chi connectivity index (χ4v) is 4.30. The SMILES string of the molecule is CC(C)(C)OC(=O)N1CCN(C(N)=NCC2(c3ccc4c(c3)OCO4)CCOCC2)CC1.I. The Morgan fingerprint density at radius 3 is 2.39 bits per heavy atom. The van der Waals surface area contributed by atoms with E-state index in [2.05, 4.69) is 12.1 Å². The van der Waals surface area contributed by atoms with Crippen molar-refractivity contribution in [2.45, 2.75) is 44.6 Å². The lowest BCUT2D eigenvalue weighted by molar-refractivity contribution is 0.0186. The van der Waals surface area contributed by atoms with E-state index in [-0.39, 0.29) is 42.3 Å². The van der Waals surface area contributed by atoms with Gasteiger partial charge in [0.15, 0.2) is 17.5 Å². The van der Waals surface area contributed by atoms with Crippen LogP contribution in [0.5, 0.6) is 11.5 Å². The highest BCUT2D eigenvalue weighted by Gasteiger charge is 2.36. The van der Waals surface area contributed by atoms with Gasteiger partial charge < -0.3 is 34.5 Å². The second-order valence-corrected chi connectivity index (χ2v) is 9.59. The summed E-state index contributed by atoms with van der Waals surface area (Å²) < 4.78 is 22.2. The van der Waals surface area contributed by atoms with Crippen LogP contribution in [-0.2, 0) is 14.9 Å². The van der Waals surface area contributed by atoms with Gasteiger partial charge >= 0.3 is 6.09 Å². The molecule has 0 radical (unpaired) electrons. The normalized spacial score (nSPS) is 20.3. The average molecular weight is 574 g/mol. The van der Waals surface area contributed by atoms with Gasteiger partial charge in [-0.25, -0.2) is 4.79 Å². The first-order chi connectivity index (χ1) is 15.3. The number of fused-ring (bicyclic) bond motifs is 1. The van der Waals surface area contributed by atoms with Gasteiger partial charge in [-0.2, -0.15) is 0 Å². The van der Waals surface area contributed by atoms with Crippen molar-refractivity contribution in [2.24, 2.45) is 10.7 Å². The molecule has 3 heterocycles. The lowest BCUT2D eigenvalue weighted by Crippen LogP contribution is -2.53. The molecule has 0 unspecified atom stereocenters. The third-order valence-corrected chi connectivity index (χ3v) is 6.23. The molecule has 184 valence electrons. The van der Waals surface area contributed by atoms with E-state index in [4.69, 9.17) is 29.7 Å². The Morgan fingerprint density at radius 1 is 1.09 bits per heavy atom. The molecule has 10 heteroatoms. The molecule has 1 aromatic rings. The summed E-state index contributed by atoms with van der Waals surface area (Å²) >= 11 is 0. The first-order valence-corrected chi connectivity index (χ1v) is 11.3. The summed E-state index contributed by atoms with van der Waals surface area (Å²) in [4.78, 5) is 20.9. The summed E-state index contributed by atoms with van der Waals surface area (Å²) in [6.45, 7) is 10.2. The molecular formula is C23H35IN4O5. The van der Waals surface area contributed by atoms with Crippen molar-refractivity contribution in [1.82, 2.24) is 9.80 Å². The van der Waals surface area contributed by atoms with E-state index in [1.165, 1.54) is 5.56 Å². The average Bonchev–Trinajstić information content (AvgIpc) is 3.25. The molecule has 0 spiro atoms. The number of ether oxygens (including phenoxy) is 4. The van der Waals surface area contributed by atoms with Crippen LogP contribution in [0.25, 0.3) is 0 Å². The van der Waals surface area contributed by atoms with Crippen LogP contribution in [-0.4, -0.2) is 80.2 Å². The van der Waals surface area contributed by atoms with Gasteiger partial charge in [-0.1, -0.05) is 6.07 Å². The fourth-order valence-electron chi connectivity index (χ4n) is 4.30. The molecule has 1 aromatic carbocycles. The van der Waals surface area contributed by atoms with E-state index in [0.717, 1.165) is 24.3 Å². The predicted molar refractivity (Wildman–Crippen MR) is 136 cm³/mol. The van der Waals surface area contributed by atoms with Gasteiger partial charge in [0.2, 0.25) is 6.79 Å². The fraction of sp³-hybridized carbons (Fsp3) is 0.652. The van der Waals surface area contributed by atoms with E-state index in [0.29, 0.717) is 51.9 Å². The predicted octanol–water partition coefficient (Wildman–Crippen LogP) is 2.95. The zero-order chi connectivity index (χ0) is 22.8. The second kappa shape index (κ2) is 10.5. The summed E-state index contributed by atoms with van der Waals surface area (Å²) in [5.41, 5.74) is 6.91. The number of aliphatic imine (C=N–C) groups is 1. The van der Waals surface area contributed by atoms with Gasteiger partial charge in [-0.3, -0.25) is 4.99 Å². The highest BCUT2D eigenvalue weighted by Crippen LogP contribution is 2.41. The topological polar surface area (TPSA) is 98.9 Å². The molecule has 2 saturated heterocycles. The van der Waals surface area contributed by atoms with E-state index < -0.39 is 5.60 Å². The summed E-state index contributed by atoms with van der Waals surface area (Å²) in [5.74, 6) is 2.07. The maximum atomic E-state index is 12.3. The van der Waals surface area contributed by atoms with Crippen molar-refractivity contribution >= 4 is 36.0 Å². The van der Waals surface area contributed by atoms with Crippen LogP contribution in [0.2, 0.25) is 0 Å². The molecule has 4 rings (SSSR count). The minimum absolute atomic E-state index is 0. The summed E-state index contributed by atoms with van der Waals surface area (Å²) in [6.07, 6.45) is 1.46. The highest BCUT2D eigenvalue weighted by molar-refractivity contribution is 14.0. The Bertz CT molecular complexity index is 859. The van der Waals surface area contributed by atoms with Crippen LogP contribution in [0.4, 0.5) is 4.79 Å². The first kappa shape index (κ1) is 25.7. The molecule has 0 saturated carbocycles. The molecule has 9 nitrogen and oxygen atoms in total. The number of rotatable bonds is 3. The molecule has 1 amide bonds. The number of piperazine rings is 1. The third kappa shape index (κ3) is 6.14. The highest BCUT2D eigenvalue weighted by atomic mass is 127. The standard InChI is InChI=1S/C23H34N4O5.HI/c1-22(2,3)32-21(28)27-10-8-26(9-11-27)20(24)25-15-23(6-12-29-13-7-23)17-4-5-18-19(14-17)31-16-30-18;/h4-5,14H,6-13,15-16H2,1-3H3,(H2,24,25);1H. The number of guanidine groups is 1. The van der Waals surface area contributed by atoms with Gasteiger partial charge in [0.05, 0.1) is 6.54 Å². The monoisotopic (exact) mass is 574 g/mol. The lowest BCUT2D eigenvalue weighted by atomic mass is 9.74. The van der Waals surface area contributed by atoms with Crippen molar-refractivity contribution in [3.8, 4) is 11.5 Å². The number of nitrogens with two attached hydrogens (primary N) is 1. The molecule has 0 bridgehead atoms. The maximum Gasteiger partial charge on any atom is 0.410 e. The second-order valence-electron chi connectivity index (χ2n) is 9.59. The van der Waals surface area contributed by atoms with Crippen LogP contribution in [0.3, 0.4) is 0 Å². The molecule has 2 N–H and O–H groups in total. The van der Waals surface area contributed by atoms with Crippen molar-refractivity contribution in [1.29, 1.82) is 0 Å². The van der Waals surface area contributed by atoms with E-state index >= 15 is 0 Å². The van der Waals surface area contributed by atoms with Crippen molar-refractivity contribution < 1.29 is 23.7 Å². The maximum absolute atomic E-state index is 12.3. The number of carbonyl (C=O) groups excluding carboxylic acids is 1. The quantitative estimate of drug-likeness (QED) is 0.337.